The molecule has 2 atom stereocenters. The molecule has 110 valence electrons. The van der Waals surface area contributed by atoms with Crippen molar-refractivity contribution in [1.82, 2.24) is 4.90 Å². The van der Waals surface area contributed by atoms with Crippen LogP contribution in [0.5, 0.6) is 0 Å². The second-order valence-electron chi connectivity index (χ2n) is 6.23. The smallest absolute Gasteiger partial charge is 0.308 e. The average Bonchev–Trinajstić information content (AvgIpc) is 2.77. The van der Waals surface area contributed by atoms with Crippen molar-refractivity contribution in [2.75, 3.05) is 0 Å². The molecule has 1 aromatic rings. The van der Waals surface area contributed by atoms with E-state index >= 15 is 0 Å². The molecule has 2 unspecified atom stereocenters. The first-order valence-electron chi connectivity index (χ1n) is 6.90. The highest BCUT2D eigenvalue weighted by molar-refractivity contribution is 7.10. The molecule has 1 saturated heterocycles. The van der Waals surface area contributed by atoms with Gasteiger partial charge in [0.05, 0.1) is 12.0 Å². The average molecular weight is 295 g/mol. The fraction of sp³-hybridized carbons (Fsp3) is 0.600. The zero-order chi connectivity index (χ0) is 14.9. The molecule has 0 aromatic carbocycles. The summed E-state index contributed by atoms with van der Waals surface area (Å²) in [5, 5.41) is 11.5. The molecule has 0 aliphatic carbocycles. The minimum atomic E-state index is -0.813. The summed E-state index contributed by atoms with van der Waals surface area (Å²) in [6.45, 7) is 5.90. The van der Waals surface area contributed by atoms with E-state index in [4.69, 9.17) is 0 Å². The summed E-state index contributed by atoms with van der Waals surface area (Å²) >= 11 is 1.52. The van der Waals surface area contributed by atoms with Crippen LogP contribution in [0.25, 0.3) is 0 Å². The topological polar surface area (TPSA) is 57.6 Å². The molecule has 0 saturated carbocycles. The molecule has 2 heterocycles. The normalized spacial score (nSPS) is 24.6. The Labute approximate surface area is 123 Å². The van der Waals surface area contributed by atoms with Crippen molar-refractivity contribution in [3.8, 4) is 0 Å². The number of thiophene rings is 1. The van der Waals surface area contributed by atoms with Crippen molar-refractivity contribution in [2.45, 2.75) is 51.6 Å². The lowest BCUT2D eigenvalue weighted by Gasteiger charge is -2.42. The highest BCUT2D eigenvalue weighted by Gasteiger charge is 2.43. The van der Waals surface area contributed by atoms with E-state index in [0.717, 1.165) is 4.88 Å². The minimum Gasteiger partial charge on any atom is -0.481 e. The van der Waals surface area contributed by atoms with Crippen LogP contribution in [0.2, 0.25) is 0 Å². The lowest BCUT2D eigenvalue weighted by atomic mass is 9.91. The number of hydrogen-bond acceptors (Lipinski definition) is 3. The highest BCUT2D eigenvalue weighted by atomic mass is 32.1. The third-order valence-electron chi connectivity index (χ3n) is 3.71. The van der Waals surface area contributed by atoms with E-state index in [0.29, 0.717) is 19.3 Å². The van der Waals surface area contributed by atoms with Crippen LogP contribution in [0.1, 0.15) is 51.0 Å². The summed E-state index contributed by atoms with van der Waals surface area (Å²) < 4.78 is 0. The number of likely N-dealkylation sites (tertiary alicyclic amines) is 1. The Morgan fingerprint density at radius 3 is 2.65 bits per heavy atom. The van der Waals surface area contributed by atoms with Crippen molar-refractivity contribution in [3.63, 3.8) is 0 Å². The molecule has 0 radical (unpaired) electrons. The summed E-state index contributed by atoms with van der Waals surface area (Å²) in [4.78, 5) is 26.9. The zero-order valence-electron chi connectivity index (χ0n) is 12.1. The van der Waals surface area contributed by atoms with E-state index in [1.807, 2.05) is 38.3 Å². The van der Waals surface area contributed by atoms with Crippen LogP contribution >= 0.6 is 11.3 Å². The van der Waals surface area contributed by atoms with Gasteiger partial charge in [-0.2, -0.15) is 0 Å². The van der Waals surface area contributed by atoms with Gasteiger partial charge in [-0.25, -0.2) is 0 Å². The van der Waals surface area contributed by atoms with E-state index < -0.39 is 11.9 Å². The molecule has 2 rings (SSSR count). The van der Waals surface area contributed by atoms with Gasteiger partial charge < -0.3 is 10.0 Å². The first-order chi connectivity index (χ1) is 9.32. The third kappa shape index (κ3) is 2.87. The van der Waals surface area contributed by atoms with Gasteiger partial charge in [0.1, 0.15) is 0 Å². The molecule has 0 spiro atoms. The maximum Gasteiger partial charge on any atom is 0.308 e. The molecule has 1 N–H and O–H groups in total. The standard InChI is InChI=1S/C15H21NO3S/c1-15(2,3)16-12(17)8-4-6-10(14(18)19)13(16)11-7-5-9-20-11/h5,7,9-10,13H,4,6,8H2,1-3H3,(H,18,19). The number of amides is 1. The van der Waals surface area contributed by atoms with Crippen molar-refractivity contribution >= 4 is 23.2 Å². The van der Waals surface area contributed by atoms with Gasteiger partial charge in [-0.3, -0.25) is 9.59 Å². The number of hydrogen-bond donors (Lipinski definition) is 1. The summed E-state index contributed by atoms with van der Waals surface area (Å²) in [5.41, 5.74) is -0.385. The molecular weight excluding hydrogens is 274 g/mol. The molecule has 20 heavy (non-hydrogen) atoms. The molecule has 1 aliphatic heterocycles. The predicted octanol–water partition coefficient (Wildman–Crippen LogP) is 3.30. The number of carbonyl (C=O) groups excluding carboxylic acids is 1. The lowest BCUT2D eigenvalue weighted by molar-refractivity contribution is -0.148. The molecule has 1 fully saturated rings. The Balaban J connectivity index is 2.52. The van der Waals surface area contributed by atoms with E-state index in [9.17, 15) is 14.7 Å². The fourth-order valence-corrected chi connectivity index (χ4v) is 3.80. The van der Waals surface area contributed by atoms with Crippen LogP contribution < -0.4 is 0 Å². The first-order valence-corrected chi connectivity index (χ1v) is 7.78. The Bertz CT molecular complexity index is 490. The van der Waals surface area contributed by atoms with Crippen LogP contribution in [0.4, 0.5) is 0 Å². The lowest BCUT2D eigenvalue weighted by Crippen LogP contribution is -2.49. The predicted molar refractivity (Wildman–Crippen MR) is 78.6 cm³/mol. The van der Waals surface area contributed by atoms with Crippen LogP contribution in [-0.2, 0) is 9.59 Å². The summed E-state index contributed by atoms with van der Waals surface area (Å²) in [5.74, 6) is -1.29. The van der Waals surface area contributed by atoms with Gasteiger partial charge in [0.15, 0.2) is 0 Å². The van der Waals surface area contributed by atoms with Gasteiger partial charge in [0.25, 0.3) is 0 Å². The molecular formula is C15H21NO3S. The molecule has 1 aromatic heterocycles. The van der Waals surface area contributed by atoms with Crippen molar-refractivity contribution in [3.05, 3.63) is 22.4 Å². The van der Waals surface area contributed by atoms with Crippen molar-refractivity contribution < 1.29 is 14.7 Å². The largest absolute Gasteiger partial charge is 0.481 e. The number of aliphatic carboxylic acids is 1. The Morgan fingerprint density at radius 2 is 2.15 bits per heavy atom. The second-order valence-corrected chi connectivity index (χ2v) is 7.21. The quantitative estimate of drug-likeness (QED) is 0.910. The molecule has 1 aliphatic rings. The number of carboxylic acids is 1. The van der Waals surface area contributed by atoms with Gasteiger partial charge in [-0.1, -0.05) is 6.07 Å². The molecule has 0 bridgehead atoms. The van der Waals surface area contributed by atoms with E-state index in [-0.39, 0.29) is 17.5 Å². The summed E-state index contributed by atoms with van der Waals surface area (Å²) in [6.07, 6.45) is 1.63. The fourth-order valence-electron chi connectivity index (χ4n) is 2.92. The van der Waals surface area contributed by atoms with Crippen LogP contribution in [0.3, 0.4) is 0 Å². The van der Waals surface area contributed by atoms with E-state index in [2.05, 4.69) is 0 Å². The van der Waals surface area contributed by atoms with Gasteiger partial charge >= 0.3 is 5.97 Å². The number of carbonyl (C=O) groups is 2. The summed E-state index contributed by atoms with van der Waals surface area (Å²) in [7, 11) is 0. The third-order valence-corrected chi connectivity index (χ3v) is 4.65. The van der Waals surface area contributed by atoms with Gasteiger partial charge in [-0.05, 0) is 45.1 Å². The van der Waals surface area contributed by atoms with Gasteiger partial charge in [-0.15, -0.1) is 11.3 Å². The summed E-state index contributed by atoms with van der Waals surface area (Å²) in [6, 6.07) is 3.49. The van der Waals surface area contributed by atoms with Crippen molar-refractivity contribution in [2.24, 2.45) is 5.92 Å². The Hall–Kier alpha value is -1.36. The number of nitrogens with zero attached hydrogens (tertiary/aromatic N) is 1. The van der Waals surface area contributed by atoms with Crippen LogP contribution in [0, 0.1) is 5.92 Å². The second kappa shape index (κ2) is 5.56. The van der Waals surface area contributed by atoms with E-state index in [1.54, 1.807) is 4.90 Å². The molecule has 5 heteroatoms. The SMILES string of the molecule is CC(C)(C)N1C(=O)CCCC(C(=O)O)C1c1cccs1. The highest BCUT2D eigenvalue weighted by Crippen LogP contribution is 2.41. The van der Waals surface area contributed by atoms with Gasteiger partial charge in [0.2, 0.25) is 5.91 Å². The Kier molecular flexibility index (Phi) is 4.18. The Morgan fingerprint density at radius 1 is 1.45 bits per heavy atom. The van der Waals surface area contributed by atoms with E-state index in [1.165, 1.54) is 11.3 Å². The maximum absolute atomic E-state index is 12.5. The molecule has 4 nitrogen and oxygen atoms in total. The molecule has 1 amide bonds. The maximum atomic E-state index is 12.5. The minimum absolute atomic E-state index is 0.0552. The number of carboxylic acid groups (broad SMARTS) is 1. The van der Waals surface area contributed by atoms with Crippen molar-refractivity contribution in [1.29, 1.82) is 0 Å². The number of rotatable bonds is 2. The monoisotopic (exact) mass is 295 g/mol. The van der Waals surface area contributed by atoms with Gasteiger partial charge in [0, 0.05) is 16.8 Å². The zero-order valence-corrected chi connectivity index (χ0v) is 12.9. The first kappa shape index (κ1) is 15.0. The van der Waals surface area contributed by atoms with Crippen LogP contribution in [-0.4, -0.2) is 27.4 Å². The van der Waals surface area contributed by atoms with Crippen LogP contribution in [0.15, 0.2) is 17.5 Å².